The van der Waals surface area contributed by atoms with E-state index in [1.165, 1.54) is 31.2 Å². The molecule has 1 atom stereocenters. The van der Waals surface area contributed by atoms with Crippen LogP contribution in [0.25, 0.3) is 0 Å². The van der Waals surface area contributed by atoms with Crippen LogP contribution in [-0.4, -0.2) is 28.8 Å². The van der Waals surface area contributed by atoms with Crippen LogP contribution in [0.3, 0.4) is 0 Å². The first-order valence-corrected chi connectivity index (χ1v) is 5.54. The van der Waals surface area contributed by atoms with Crippen molar-refractivity contribution in [3.63, 3.8) is 0 Å². The van der Waals surface area contributed by atoms with E-state index in [9.17, 15) is 23.1 Å². The molecular weight excluding hydrogens is 279 g/mol. The van der Waals surface area contributed by atoms with E-state index in [0.717, 1.165) is 0 Å². The van der Waals surface area contributed by atoms with Crippen LogP contribution in [0.15, 0.2) is 29.4 Å². The molecule has 0 saturated heterocycles. The molecule has 0 aromatic heterocycles. The Morgan fingerprint density at radius 3 is 2.45 bits per heavy atom. The molecule has 8 heteroatoms. The van der Waals surface area contributed by atoms with E-state index in [1.54, 1.807) is 0 Å². The SMILES string of the molecule is CC(=O)Oc1ccc(C2=NOC(O)(C(F)(F)F)C2)cc1. The average Bonchev–Trinajstić information content (AvgIpc) is 2.73. The van der Waals surface area contributed by atoms with Crippen LogP contribution in [0, 0.1) is 0 Å². The number of hydrogen-bond acceptors (Lipinski definition) is 5. The molecule has 108 valence electrons. The minimum atomic E-state index is -4.93. The molecule has 0 spiro atoms. The predicted octanol–water partition coefficient (Wildman–Crippen LogP) is 1.99. The van der Waals surface area contributed by atoms with Gasteiger partial charge in [-0.2, -0.15) is 13.2 Å². The first-order valence-electron chi connectivity index (χ1n) is 5.54. The molecule has 1 heterocycles. The van der Waals surface area contributed by atoms with E-state index in [4.69, 9.17) is 4.74 Å². The maximum atomic E-state index is 12.5. The summed E-state index contributed by atoms with van der Waals surface area (Å²) in [4.78, 5) is 14.8. The first kappa shape index (κ1) is 14.3. The summed E-state index contributed by atoms with van der Waals surface area (Å²) in [5.41, 5.74) is 0.292. The number of oxime groups is 1. The van der Waals surface area contributed by atoms with E-state index >= 15 is 0 Å². The Morgan fingerprint density at radius 1 is 1.40 bits per heavy atom. The highest BCUT2D eigenvalue weighted by atomic mass is 19.4. The zero-order valence-corrected chi connectivity index (χ0v) is 10.3. The monoisotopic (exact) mass is 289 g/mol. The number of hydrogen-bond donors (Lipinski definition) is 1. The minimum Gasteiger partial charge on any atom is -0.427 e. The number of benzene rings is 1. The van der Waals surface area contributed by atoms with E-state index in [1.807, 2.05) is 0 Å². The summed E-state index contributed by atoms with van der Waals surface area (Å²) in [6.45, 7) is 1.23. The standard InChI is InChI=1S/C12H10F3NO4/c1-7(17)19-9-4-2-8(3-5-9)10-6-11(18,20-16-10)12(13,14)15/h2-5,18H,6H2,1H3. The molecule has 1 unspecified atom stereocenters. The van der Waals surface area contributed by atoms with Crippen LogP contribution in [0.2, 0.25) is 0 Å². The molecule has 0 bridgehead atoms. The Bertz CT molecular complexity index is 553. The van der Waals surface area contributed by atoms with Gasteiger partial charge in [0, 0.05) is 6.92 Å². The molecule has 0 radical (unpaired) electrons. The minimum absolute atomic E-state index is 0.0424. The normalized spacial score (nSPS) is 22.1. The molecular formula is C12H10F3NO4. The van der Waals surface area contributed by atoms with Crippen LogP contribution in [0.1, 0.15) is 18.9 Å². The van der Waals surface area contributed by atoms with Gasteiger partial charge in [0.15, 0.2) is 0 Å². The summed E-state index contributed by atoms with van der Waals surface area (Å²) in [5.74, 6) is -3.55. The molecule has 1 N–H and O–H groups in total. The number of carbonyl (C=O) groups is 1. The highest BCUT2D eigenvalue weighted by Crippen LogP contribution is 2.38. The van der Waals surface area contributed by atoms with Gasteiger partial charge >= 0.3 is 17.9 Å². The van der Waals surface area contributed by atoms with Crippen molar-refractivity contribution in [2.24, 2.45) is 5.16 Å². The van der Waals surface area contributed by atoms with Crippen molar-refractivity contribution in [2.45, 2.75) is 25.3 Å². The van der Waals surface area contributed by atoms with Crippen LogP contribution in [0.5, 0.6) is 5.75 Å². The smallest absolute Gasteiger partial charge is 0.427 e. The molecule has 2 rings (SSSR count). The van der Waals surface area contributed by atoms with Gasteiger partial charge in [0.05, 0.1) is 12.1 Å². The average molecular weight is 289 g/mol. The molecule has 1 aliphatic heterocycles. The topological polar surface area (TPSA) is 68.1 Å². The number of nitrogens with zero attached hydrogens (tertiary/aromatic N) is 1. The van der Waals surface area contributed by atoms with Gasteiger partial charge in [-0.25, -0.2) is 0 Å². The molecule has 1 aromatic rings. The van der Waals surface area contributed by atoms with Crippen LogP contribution in [-0.2, 0) is 9.63 Å². The lowest BCUT2D eigenvalue weighted by Crippen LogP contribution is -2.45. The van der Waals surface area contributed by atoms with Crippen molar-refractivity contribution in [3.05, 3.63) is 29.8 Å². The molecule has 5 nitrogen and oxygen atoms in total. The number of esters is 1. The fourth-order valence-corrected chi connectivity index (χ4v) is 1.61. The van der Waals surface area contributed by atoms with Crippen molar-refractivity contribution in [3.8, 4) is 5.75 Å². The molecule has 0 saturated carbocycles. The van der Waals surface area contributed by atoms with Crippen molar-refractivity contribution in [2.75, 3.05) is 0 Å². The van der Waals surface area contributed by atoms with Gasteiger partial charge in [-0.3, -0.25) is 4.79 Å². The molecule has 0 fully saturated rings. The summed E-state index contributed by atoms with van der Waals surface area (Å²) in [6, 6.07) is 5.65. The van der Waals surface area contributed by atoms with E-state index in [-0.39, 0.29) is 11.5 Å². The molecule has 20 heavy (non-hydrogen) atoms. The van der Waals surface area contributed by atoms with Crippen LogP contribution in [0.4, 0.5) is 13.2 Å². The fraction of sp³-hybridized carbons (Fsp3) is 0.333. The summed E-state index contributed by atoms with van der Waals surface area (Å²) in [5, 5.41) is 12.6. The largest absolute Gasteiger partial charge is 0.458 e. The zero-order chi connectivity index (χ0) is 15.0. The second kappa shape index (κ2) is 4.78. The second-order valence-electron chi connectivity index (χ2n) is 4.21. The van der Waals surface area contributed by atoms with Crippen LogP contribution < -0.4 is 4.74 Å². The van der Waals surface area contributed by atoms with Gasteiger partial charge in [-0.1, -0.05) is 5.16 Å². The Morgan fingerprint density at radius 2 is 2.00 bits per heavy atom. The number of rotatable bonds is 2. The third kappa shape index (κ3) is 2.74. The summed E-state index contributed by atoms with van der Waals surface area (Å²) in [7, 11) is 0. The predicted molar refractivity (Wildman–Crippen MR) is 61.0 cm³/mol. The van der Waals surface area contributed by atoms with Gasteiger partial charge in [-0.15, -0.1) is 0 Å². The van der Waals surface area contributed by atoms with Crippen molar-refractivity contribution in [1.29, 1.82) is 0 Å². The van der Waals surface area contributed by atoms with Gasteiger partial charge in [0.2, 0.25) is 0 Å². The van der Waals surface area contributed by atoms with Crippen molar-refractivity contribution >= 4 is 11.7 Å². The number of carbonyl (C=O) groups excluding carboxylic acids is 1. The van der Waals surface area contributed by atoms with Crippen molar-refractivity contribution < 1.29 is 32.6 Å². The van der Waals surface area contributed by atoms with E-state index in [0.29, 0.717) is 5.56 Å². The Labute approximate surface area is 111 Å². The third-order valence-electron chi connectivity index (χ3n) is 2.61. The summed E-state index contributed by atoms with van der Waals surface area (Å²) < 4.78 is 42.4. The number of alkyl halides is 3. The second-order valence-corrected chi connectivity index (χ2v) is 4.21. The maximum absolute atomic E-state index is 12.5. The lowest BCUT2D eigenvalue weighted by atomic mass is 10.0. The van der Waals surface area contributed by atoms with Gasteiger partial charge in [0.25, 0.3) is 0 Å². The lowest BCUT2D eigenvalue weighted by Gasteiger charge is -2.22. The lowest BCUT2D eigenvalue weighted by molar-refractivity contribution is -0.355. The summed E-state index contributed by atoms with van der Waals surface area (Å²) >= 11 is 0. The number of halogens is 3. The quantitative estimate of drug-likeness (QED) is 0.668. The molecule has 1 aliphatic rings. The molecule has 0 aliphatic carbocycles. The highest BCUT2D eigenvalue weighted by Gasteiger charge is 2.60. The maximum Gasteiger partial charge on any atom is 0.458 e. The highest BCUT2D eigenvalue weighted by molar-refractivity contribution is 6.01. The summed E-state index contributed by atoms with van der Waals surface area (Å²) in [6.07, 6.45) is -5.74. The van der Waals surface area contributed by atoms with Crippen molar-refractivity contribution in [1.82, 2.24) is 0 Å². The van der Waals surface area contributed by atoms with Gasteiger partial charge in [-0.05, 0) is 29.8 Å². The Kier molecular flexibility index (Phi) is 3.43. The van der Waals surface area contributed by atoms with Gasteiger partial charge in [0.1, 0.15) is 5.75 Å². The van der Waals surface area contributed by atoms with E-state index < -0.39 is 24.4 Å². The third-order valence-corrected chi connectivity index (χ3v) is 2.61. The van der Waals surface area contributed by atoms with E-state index in [2.05, 4.69) is 9.99 Å². The molecule has 0 amide bonds. The number of aliphatic hydroxyl groups is 1. The zero-order valence-electron chi connectivity index (χ0n) is 10.3. The Balaban J connectivity index is 2.13. The number of ether oxygens (including phenoxy) is 1. The fourth-order valence-electron chi connectivity index (χ4n) is 1.61. The Hall–Kier alpha value is -2.09. The molecule has 1 aromatic carbocycles. The first-order chi connectivity index (χ1) is 9.21. The van der Waals surface area contributed by atoms with Gasteiger partial charge < -0.3 is 14.7 Å². The van der Waals surface area contributed by atoms with Crippen LogP contribution >= 0.6 is 0 Å².